The first kappa shape index (κ1) is 17.3. The molecule has 0 amide bonds. The third-order valence-electron chi connectivity index (χ3n) is 4.24. The van der Waals surface area contributed by atoms with Crippen LogP contribution in [0, 0.1) is 5.92 Å². The normalized spacial score (nSPS) is 18.2. The molecule has 0 bridgehead atoms. The van der Waals surface area contributed by atoms with Crippen molar-refractivity contribution in [3.63, 3.8) is 0 Å². The van der Waals surface area contributed by atoms with E-state index in [1.165, 1.54) is 38.8 Å². The van der Waals surface area contributed by atoms with Crippen LogP contribution < -0.4 is 4.74 Å². The lowest BCUT2D eigenvalue weighted by Gasteiger charge is -2.21. The molecule has 1 aromatic rings. The number of rotatable bonds is 7. The first-order valence-corrected chi connectivity index (χ1v) is 8.78. The topological polar surface area (TPSA) is 32.7 Å². The molecule has 0 aliphatic carbocycles. The summed E-state index contributed by atoms with van der Waals surface area (Å²) in [5.74, 6) is 1.37. The highest BCUT2D eigenvalue weighted by Crippen LogP contribution is 2.23. The van der Waals surface area contributed by atoms with Gasteiger partial charge in [0.1, 0.15) is 5.75 Å². The summed E-state index contributed by atoms with van der Waals surface area (Å²) in [7, 11) is 0. The molecule has 3 nitrogen and oxygen atoms in total. The second kappa shape index (κ2) is 9.16. The average molecular weight is 305 g/mol. The van der Waals surface area contributed by atoms with Crippen molar-refractivity contribution in [2.45, 2.75) is 52.1 Å². The summed E-state index contributed by atoms with van der Waals surface area (Å²) in [5.41, 5.74) is 0.969. The molecular weight excluding hydrogens is 274 g/mol. The van der Waals surface area contributed by atoms with E-state index in [2.05, 4.69) is 18.7 Å². The van der Waals surface area contributed by atoms with Gasteiger partial charge >= 0.3 is 0 Å². The van der Waals surface area contributed by atoms with Crippen LogP contribution in [0.25, 0.3) is 0 Å². The van der Waals surface area contributed by atoms with E-state index in [-0.39, 0.29) is 0 Å². The van der Waals surface area contributed by atoms with Crippen molar-refractivity contribution in [1.29, 1.82) is 0 Å². The van der Waals surface area contributed by atoms with Gasteiger partial charge in [-0.25, -0.2) is 0 Å². The Balaban J connectivity index is 1.83. The monoisotopic (exact) mass is 305 g/mol. The third kappa shape index (κ3) is 5.98. The van der Waals surface area contributed by atoms with Crippen LogP contribution in [0.1, 0.15) is 57.6 Å². The predicted molar refractivity (Wildman–Crippen MR) is 91.3 cm³/mol. The zero-order valence-electron chi connectivity index (χ0n) is 14.1. The number of ether oxygens (including phenoxy) is 1. The zero-order chi connectivity index (χ0) is 15.8. The maximum atomic E-state index is 10.4. The first-order valence-electron chi connectivity index (χ1n) is 8.78. The van der Waals surface area contributed by atoms with Crippen molar-refractivity contribution in [3.05, 3.63) is 29.8 Å². The smallest absolute Gasteiger partial charge is 0.119 e. The molecule has 1 heterocycles. The molecule has 124 valence electrons. The summed E-state index contributed by atoms with van der Waals surface area (Å²) >= 11 is 0. The number of aliphatic hydroxyl groups is 1. The van der Waals surface area contributed by atoms with Crippen LogP contribution in [0.4, 0.5) is 0 Å². The second-order valence-electron chi connectivity index (χ2n) is 6.84. The molecule has 1 unspecified atom stereocenters. The minimum absolute atomic E-state index is 0.397. The van der Waals surface area contributed by atoms with Crippen LogP contribution in [0.2, 0.25) is 0 Å². The fourth-order valence-corrected chi connectivity index (χ4v) is 2.91. The lowest BCUT2D eigenvalue weighted by atomic mass is 10.1. The molecule has 3 heteroatoms. The minimum atomic E-state index is -0.397. The Morgan fingerprint density at radius 1 is 1.14 bits per heavy atom. The highest BCUT2D eigenvalue weighted by Gasteiger charge is 2.13. The van der Waals surface area contributed by atoms with Gasteiger partial charge in [-0.05, 0) is 56.0 Å². The van der Waals surface area contributed by atoms with E-state index in [0.717, 1.165) is 24.3 Å². The summed E-state index contributed by atoms with van der Waals surface area (Å²) in [5, 5.41) is 10.4. The molecule has 1 N–H and O–H groups in total. The van der Waals surface area contributed by atoms with Crippen LogP contribution in [-0.4, -0.2) is 36.2 Å². The average Bonchev–Trinajstić information content (AvgIpc) is 2.79. The Hall–Kier alpha value is -1.06. The Labute approximate surface area is 135 Å². The molecule has 1 aliphatic rings. The molecule has 0 spiro atoms. The molecule has 1 fully saturated rings. The fraction of sp³-hybridized carbons (Fsp3) is 0.684. The molecule has 1 aliphatic heterocycles. The number of hydrogen-bond acceptors (Lipinski definition) is 3. The van der Waals surface area contributed by atoms with Crippen LogP contribution >= 0.6 is 0 Å². The van der Waals surface area contributed by atoms with Crippen LogP contribution in [0.15, 0.2) is 24.3 Å². The van der Waals surface area contributed by atoms with Crippen molar-refractivity contribution in [1.82, 2.24) is 4.90 Å². The molecule has 1 aromatic carbocycles. The summed E-state index contributed by atoms with van der Waals surface area (Å²) in [6, 6.07) is 7.92. The Morgan fingerprint density at radius 2 is 1.86 bits per heavy atom. The second-order valence-corrected chi connectivity index (χ2v) is 6.84. The first-order chi connectivity index (χ1) is 10.6. The maximum Gasteiger partial charge on any atom is 0.119 e. The lowest BCUT2D eigenvalue weighted by Crippen LogP contribution is -2.26. The molecule has 2 rings (SSSR count). The van der Waals surface area contributed by atoms with Gasteiger partial charge in [0.15, 0.2) is 0 Å². The van der Waals surface area contributed by atoms with Gasteiger partial charge in [0.2, 0.25) is 0 Å². The molecule has 0 aromatic heterocycles. The van der Waals surface area contributed by atoms with Crippen LogP contribution in [0.3, 0.4) is 0 Å². The summed E-state index contributed by atoms with van der Waals surface area (Å²) in [4.78, 5) is 2.50. The van der Waals surface area contributed by atoms with Crippen molar-refractivity contribution in [3.8, 4) is 5.75 Å². The van der Waals surface area contributed by atoms with Crippen molar-refractivity contribution in [2.75, 3.05) is 26.2 Å². The highest BCUT2D eigenvalue weighted by atomic mass is 16.5. The molecule has 1 atom stereocenters. The Morgan fingerprint density at radius 3 is 2.55 bits per heavy atom. The highest BCUT2D eigenvalue weighted by molar-refractivity contribution is 5.29. The number of benzene rings is 1. The predicted octanol–water partition coefficient (Wildman–Crippen LogP) is 4.02. The van der Waals surface area contributed by atoms with Crippen molar-refractivity contribution < 1.29 is 9.84 Å². The van der Waals surface area contributed by atoms with Gasteiger partial charge in [-0.15, -0.1) is 0 Å². The van der Waals surface area contributed by atoms with Gasteiger partial charge in [0.05, 0.1) is 12.7 Å². The van der Waals surface area contributed by atoms with Gasteiger partial charge in [-0.1, -0.05) is 38.8 Å². The van der Waals surface area contributed by atoms with Gasteiger partial charge in [-0.2, -0.15) is 0 Å². The summed E-state index contributed by atoms with van der Waals surface area (Å²) in [6.07, 6.45) is 5.71. The molecule has 22 heavy (non-hydrogen) atoms. The van der Waals surface area contributed by atoms with E-state index in [9.17, 15) is 5.11 Å². The van der Waals surface area contributed by atoms with E-state index in [1.807, 2.05) is 24.3 Å². The number of nitrogens with zero attached hydrogens (tertiary/aromatic N) is 1. The maximum absolute atomic E-state index is 10.4. The van der Waals surface area contributed by atoms with Crippen molar-refractivity contribution >= 4 is 0 Å². The number of hydrogen-bond donors (Lipinski definition) is 1. The quantitative estimate of drug-likeness (QED) is 0.826. The molecule has 0 saturated carbocycles. The van der Waals surface area contributed by atoms with E-state index in [4.69, 9.17) is 4.74 Å². The van der Waals surface area contributed by atoms with E-state index < -0.39 is 6.10 Å². The number of likely N-dealkylation sites (tertiary alicyclic amines) is 1. The third-order valence-corrected chi connectivity index (χ3v) is 4.24. The van der Waals surface area contributed by atoms with Gasteiger partial charge in [0.25, 0.3) is 0 Å². The van der Waals surface area contributed by atoms with Gasteiger partial charge < -0.3 is 14.7 Å². The molecular formula is C19H31NO2. The standard InChI is InChI=1S/C19H31NO2/c1-16(2)15-22-18-9-7-8-17(14-18)19(21)10-13-20-11-5-3-4-6-12-20/h7-9,14,16,19,21H,3-6,10-13,15H2,1-2H3. The Bertz CT molecular complexity index is 425. The number of aliphatic hydroxyl groups excluding tert-OH is 1. The van der Waals surface area contributed by atoms with Gasteiger partial charge in [-0.3, -0.25) is 0 Å². The lowest BCUT2D eigenvalue weighted by molar-refractivity contribution is 0.142. The SMILES string of the molecule is CC(C)COc1cccc(C(O)CCN2CCCCCC2)c1. The summed E-state index contributed by atoms with van der Waals surface area (Å²) < 4.78 is 5.75. The minimum Gasteiger partial charge on any atom is -0.493 e. The zero-order valence-corrected chi connectivity index (χ0v) is 14.1. The largest absolute Gasteiger partial charge is 0.493 e. The fourth-order valence-electron chi connectivity index (χ4n) is 2.91. The van der Waals surface area contributed by atoms with Crippen LogP contribution in [-0.2, 0) is 0 Å². The van der Waals surface area contributed by atoms with E-state index in [1.54, 1.807) is 0 Å². The van der Waals surface area contributed by atoms with E-state index >= 15 is 0 Å². The van der Waals surface area contributed by atoms with Crippen molar-refractivity contribution in [2.24, 2.45) is 5.92 Å². The van der Waals surface area contributed by atoms with Gasteiger partial charge in [0, 0.05) is 6.54 Å². The molecule has 1 saturated heterocycles. The van der Waals surface area contributed by atoms with E-state index in [0.29, 0.717) is 12.5 Å². The Kier molecular flexibility index (Phi) is 7.20. The van der Waals surface area contributed by atoms with Crippen LogP contribution in [0.5, 0.6) is 5.75 Å². The summed E-state index contributed by atoms with van der Waals surface area (Å²) in [6.45, 7) is 8.35. The molecule has 0 radical (unpaired) electrons.